The molecule has 0 fully saturated rings. The van der Waals surface area contributed by atoms with Crippen molar-refractivity contribution in [1.82, 2.24) is 4.98 Å². The number of nitrogens with zero attached hydrogens (tertiary/aromatic N) is 1. The lowest BCUT2D eigenvalue weighted by molar-refractivity contribution is -0.139. The van der Waals surface area contributed by atoms with Gasteiger partial charge in [0, 0.05) is 10.7 Å². The molecule has 0 aromatic carbocycles. The van der Waals surface area contributed by atoms with E-state index in [2.05, 4.69) is 25.7 Å². The van der Waals surface area contributed by atoms with Crippen LogP contribution in [0.15, 0.2) is 16.7 Å². The van der Waals surface area contributed by atoms with Crippen molar-refractivity contribution in [2.45, 2.75) is 6.42 Å². The maximum Gasteiger partial charge on any atom is 0.313 e. The van der Waals surface area contributed by atoms with Crippen LogP contribution in [0.5, 0.6) is 0 Å². The number of aromatic nitrogens is 1. The van der Waals surface area contributed by atoms with Crippen molar-refractivity contribution in [3.05, 3.63) is 28.2 Å². The smallest absolute Gasteiger partial charge is 0.313 e. The maximum atomic E-state index is 13.1. The van der Waals surface area contributed by atoms with Crippen molar-refractivity contribution >= 4 is 27.7 Å². The largest absolute Gasteiger partial charge is 0.469 e. The number of ether oxygens (including phenoxy) is 1. The first-order valence-corrected chi connectivity index (χ1v) is 4.75. The number of esters is 1. The van der Waals surface area contributed by atoms with Gasteiger partial charge in [-0.1, -0.05) is 0 Å². The first-order chi connectivity index (χ1) is 7.04. The Balaban J connectivity index is 2.91. The number of Topliss-reactive ketones (excluding diaryl/α,β-unsaturated/α-hetero) is 1. The van der Waals surface area contributed by atoms with Crippen molar-refractivity contribution in [3.63, 3.8) is 0 Å². The first kappa shape index (κ1) is 11.8. The summed E-state index contributed by atoms with van der Waals surface area (Å²) in [5, 5.41) is 0. The zero-order valence-electron chi connectivity index (χ0n) is 7.79. The van der Waals surface area contributed by atoms with Crippen LogP contribution in [0.4, 0.5) is 4.39 Å². The van der Waals surface area contributed by atoms with Crippen LogP contribution < -0.4 is 0 Å². The van der Waals surface area contributed by atoms with Crippen molar-refractivity contribution in [2.75, 3.05) is 7.11 Å². The van der Waals surface area contributed by atoms with E-state index in [1.54, 1.807) is 0 Å². The zero-order chi connectivity index (χ0) is 11.4. The fourth-order valence-corrected chi connectivity index (χ4v) is 1.25. The number of rotatable bonds is 3. The van der Waals surface area contributed by atoms with Gasteiger partial charge in [0.1, 0.15) is 6.42 Å². The summed E-state index contributed by atoms with van der Waals surface area (Å²) in [6.45, 7) is 0. The average molecular weight is 276 g/mol. The molecule has 1 rings (SSSR count). The molecule has 80 valence electrons. The molecule has 0 spiro atoms. The molecule has 0 saturated carbocycles. The summed E-state index contributed by atoms with van der Waals surface area (Å²) in [5.41, 5.74) is -0.227. The van der Waals surface area contributed by atoms with E-state index in [1.165, 1.54) is 12.3 Å². The summed E-state index contributed by atoms with van der Waals surface area (Å²) in [4.78, 5) is 25.5. The van der Waals surface area contributed by atoms with Crippen molar-refractivity contribution in [2.24, 2.45) is 0 Å². The molecule has 0 bridgehead atoms. The monoisotopic (exact) mass is 275 g/mol. The van der Waals surface area contributed by atoms with Crippen LogP contribution in [-0.4, -0.2) is 23.8 Å². The van der Waals surface area contributed by atoms with Gasteiger partial charge in [0.05, 0.1) is 12.7 Å². The van der Waals surface area contributed by atoms with Gasteiger partial charge in [-0.15, -0.1) is 0 Å². The number of halogens is 2. The second-order valence-electron chi connectivity index (χ2n) is 2.67. The molecule has 1 aromatic rings. The number of hydrogen-bond acceptors (Lipinski definition) is 4. The lowest BCUT2D eigenvalue weighted by Gasteiger charge is -2.01. The van der Waals surface area contributed by atoms with Crippen LogP contribution in [0, 0.1) is 5.95 Å². The minimum Gasteiger partial charge on any atom is -0.469 e. The molecule has 0 radical (unpaired) electrons. The Hall–Kier alpha value is -1.30. The SMILES string of the molecule is COC(=O)CC(=O)c1cc(Br)cnc1F. The molecule has 15 heavy (non-hydrogen) atoms. The highest BCUT2D eigenvalue weighted by Crippen LogP contribution is 2.14. The van der Waals surface area contributed by atoms with E-state index in [-0.39, 0.29) is 5.56 Å². The third-order valence-electron chi connectivity index (χ3n) is 1.64. The summed E-state index contributed by atoms with van der Waals surface area (Å²) >= 11 is 3.05. The van der Waals surface area contributed by atoms with Crippen LogP contribution in [0.25, 0.3) is 0 Å². The summed E-state index contributed by atoms with van der Waals surface area (Å²) in [7, 11) is 1.16. The highest BCUT2D eigenvalue weighted by Gasteiger charge is 2.17. The molecule has 0 aliphatic carbocycles. The molecular weight excluding hydrogens is 269 g/mol. The number of methoxy groups -OCH3 is 1. The van der Waals surface area contributed by atoms with E-state index in [0.29, 0.717) is 4.47 Å². The first-order valence-electron chi connectivity index (χ1n) is 3.95. The van der Waals surface area contributed by atoms with Gasteiger partial charge in [-0.25, -0.2) is 4.98 Å². The van der Waals surface area contributed by atoms with Gasteiger partial charge in [-0.3, -0.25) is 9.59 Å². The fraction of sp³-hybridized carbons (Fsp3) is 0.222. The van der Waals surface area contributed by atoms with Crippen LogP contribution in [0.3, 0.4) is 0 Å². The van der Waals surface area contributed by atoms with Crippen LogP contribution >= 0.6 is 15.9 Å². The molecule has 0 aliphatic heterocycles. The molecule has 0 aliphatic rings. The van der Waals surface area contributed by atoms with Crippen molar-refractivity contribution in [1.29, 1.82) is 0 Å². The average Bonchev–Trinajstić information content (AvgIpc) is 2.21. The Labute approximate surface area is 93.6 Å². The van der Waals surface area contributed by atoms with Gasteiger partial charge in [0.2, 0.25) is 5.95 Å². The predicted molar refractivity (Wildman–Crippen MR) is 52.9 cm³/mol. The van der Waals surface area contributed by atoms with Crippen LogP contribution in [-0.2, 0) is 9.53 Å². The van der Waals surface area contributed by atoms with E-state index in [1.807, 2.05) is 0 Å². The normalized spacial score (nSPS) is 9.80. The molecule has 1 aromatic heterocycles. The van der Waals surface area contributed by atoms with Gasteiger partial charge in [0.15, 0.2) is 5.78 Å². The van der Waals surface area contributed by atoms with E-state index >= 15 is 0 Å². The third kappa shape index (κ3) is 3.09. The molecule has 0 saturated heterocycles. The second kappa shape index (κ2) is 4.97. The number of carbonyl (C=O) groups is 2. The van der Waals surface area contributed by atoms with Gasteiger partial charge in [0.25, 0.3) is 0 Å². The Kier molecular flexibility index (Phi) is 3.90. The number of carbonyl (C=O) groups excluding carboxylic acids is 2. The number of pyridine rings is 1. The van der Waals surface area contributed by atoms with Gasteiger partial charge in [-0.05, 0) is 22.0 Å². The van der Waals surface area contributed by atoms with Crippen LogP contribution in [0.2, 0.25) is 0 Å². The van der Waals surface area contributed by atoms with Crippen molar-refractivity contribution < 1.29 is 18.7 Å². The number of hydrogen-bond donors (Lipinski definition) is 0. The summed E-state index contributed by atoms with van der Waals surface area (Å²) < 4.78 is 17.8. The van der Waals surface area contributed by atoms with Gasteiger partial charge in [-0.2, -0.15) is 4.39 Å². The second-order valence-corrected chi connectivity index (χ2v) is 3.58. The predicted octanol–water partition coefficient (Wildman–Crippen LogP) is 1.73. The summed E-state index contributed by atoms with van der Waals surface area (Å²) in [5.74, 6) is -2.26. The van der Waals surface area contributed by atoms with Gasteiger partial charge < -0.3 is 4.74 Å². The zero-order valence-corrected chi connectivity index (χ0v) is 9.38. The Morgan fingerprint density at radius 3 is 2.87 bits per heavy atom. The molecule has 0 unspecified atom stereocenters. The molecule has 0 amide bonds. The lowest BCUT2D eigenvalue weighted by Crippen LogP contribution is -2.11. The quantitative estimate of drug-likeness (QED) is 0.365. The van der Waals surface area contributed by atoms with E-state index in [4.69, 9.17) is 0 Å². The minimum absolute atomic E-state index is 0.227. The molecule has 1 heterocycles. The molecule has 0 N–H and O–H groups in total. The topological polar surface area (TPSA) is 56.3 Å². The fourth-order valence-electron chi connectivity index (χ4n) is 0.917. The third-order valence-corrected chi connectivity index (χ3v) is 2.07. The summed E-state index contributed by atoms with van der Waals surface area (Å²) in [6, 6.07) is 1.27. The minimum atomic E-state index is -0.896. The van der Waals surface area contributed by atoms with Gasteiger partial charge >= 0.3 is 5.97 Å². The Morgan fingerprint density at radius 2 is 2.27 bits per heavy atom. The highest BCUT2D eigenvalue weighted by atomic mass is 79.9. The van der Waals surface area contributed by atoms with Crippen molar-refractivity contribution in [3.8, 4) is 0 Å². The van der Waals surface area contributed by atoms with E-state index in [9.17, 15) is 14.0 Å². The summed E-state index contributed by atoms with van der Waals surface area (Å²) in [6.07, 6.45) is 0.732. The molecule has 0 atom stereocenters. The Morgan fingerprint density at radius 1 is 1.60 bits per heavy atom. The van der Waals surface area contributed by atoms with Crippen LogP contribution in [0.1, 0.15) is 16.8 Å². The molecule has 4 nitrogen and oxygen atoms in total. The maximum absolute atomic E-state index is 13.1. The lowest BCUT2D eigenvalue weighted by atomic mass is 10.1. The van der Waals surface area contributed by atoms with E-state index < -0.39 is 24.1 Å². The highest BCUT2D eigenvalue weighted by molar-refractivity contribution is 9.10. The standard InChI is InChI=1S/C9H7BrFNO3/c1-15-8(14)3-7(13)6-2-5(10)4-12-9(6)11/h2,4H,3H2,1H3. The number of ketones is 1. The Bertz CT molecular complexity index is 408. The van der Waals surface area contributed by atoms with E-state index in [0.717, 1.165) is 7.11 Å². The molecule has 6 heteroatoms. The molecular formula is C9H7BrFNO3.